The minimum Gasteiger partial charge on any atom is -0.325 e. The molecule has 1 amide bonds. The summed E-state index contributed by atoms with van der Waals surface area (Å²) in [7, 11) is 0. The minimum atomic E-state index is -0.334. The van der Waals surface area contributed by atoms with Crippen molar-refractivity contribution < 1.29 is 9.18 Å². The van der Waals surface area contributed by atoms with Crippen LogP contribution < -0.4 is 5.32 Å². The molecule has 0 bridgehead atoms. The number of thioether (sulfide) groups is 1. The van der Waals surface area contributed by atoms with Crippen LogP contribution in [0.25, 0.3) is 11.4 Å². The smallest absolute Gasteiger partial charge is 0.234 e. The van der Waals surface area contributed by atoms with Gasteiger partial charge in [-0.2, -0.15) is 0 Å². The molecule has 138 valence electrons. The van der Waals surface area contributed by atoms with Crippen molar-refractivity contribution >= 4 is 23.4 Å². The standard InChI is InChI=1S/C21H20FN3OS/c1-13-7-8-14(2)18(9-13)24-19(26)12-27-20-10-15(3)23-21(25-20)16-5-4-6-17(22)11-16/h4-11H,12H2,1-3H3,(H,24,26). The van der Waals surface area contributed by atoms with Gasteiger partial charge in [0.2, 0.25) is 5.91 Å². The Morgan fingerprint density at radius 1 is 1.07 bits per heavy atom. The number of hydrogen-bond acceptors (Lipinski definition) is 4. The molecule has 1 N–H and O–H groups in total. The fraction of sp³-hybridized carbons (Fsp3) is 0.190. The van der Waals surface area contributed by atoms with Crippen molar-refractivity contribution in [3.8, 4) is 11.4 Å². The van der Waals surface area contributed by atoms with Gasteiger partial charge in [0.15, 0.2) is 5.82 Å². The molecule has 0 saturated heterocycles. The van der Waals surface area contributed by atoms with Crippen LogP contribution >= 0.6 is 11.8 Å². The second-order valence-corrected chi connectivity index (χ2v) is 7.33. The van der Waals surface area contributed by atoms with Gasteiger partial charge >= 0.3 is 0 Å². The zero-order valence-corrected chi connectivity index (χ0v) is 16.2. The number of carbonyl (C=O) groups excluding carboxylic acids is 1. The quantitative estimate of drug-likeness (QED) is 0.502. The van der Waals surface area contributed by atoms with E-state index >= 15 is 0 Å². The highest BCUT2D eigenvalue weighted by molar-refractivity contribution is 7.99. The number of halogens is 1. The van der Waals surface area contributed by atoms with Crippen molar-refractivity contribution in [2.45, 2.75) is 25.8 Å². The number of amides is 1. The van der Waals surface area contributed by atoms with Gasteiger partial charge in [-0.1, -0.05) is 36.0 Å². The zero-order chi connectivity index (χ0) is 19.4. The third kappa shape index (κ3) is 5.14. The van der Waals surface area contributed by atoms with Gasteiger partial charge in [-0.15, -0.1) is 0 Å². The third-order valence-electron chi connectivity index (χ3n) is 3.93. The lowest BCUT2D eigenvalue weighted by molar-refractivity contribution is -0.113. The second-order valence-electron chi connectivity index (χ2n) is 6.34. The van der Waals surface area contributed by atoms with E-state index in [4.69, 9.17) is 0 Å². The molecule has 0 aliphatic rings. The summed E-state index contributed by atoms with van der Waals surface area (Å²) in [4.78, 5) is 21.1. The number of rotatable bonds is 5. The maximum Gasteiger partial charge on any atom is 0.234 e. The first-order chi connectivity index (χ1) is 12.9. The Labute approximate surface area is 162 Å². The summed E-state index contributed by atoms with van der Waals surface area (Å²) >= 11 is 1.33. The largest absolute Gasteiger partial charge is 0.325 e. The first kappa shape index (κ1) is 19.0. The van der Waals surface area contributed by atoms with Crippen LogP contribution in [0.4, 0.5) is 10.1 Å². The fourth-order valence-corrected chi connectivity index (χ4v) is 3.32. The van der Waals surface area contributed by atoms with Crippen LogP contribution in [-0.4, -0.2) is 21.6 Å². The van der Waals surface area contributed by atoms with E-state index in [0.29, 0.717) is 16.4 Å². The summed E-state index contributed by atoms with van der Waals surface area (Å²) in [6.07, 6.45) is 0. The Morgan fingerprint density at radius 3 is 2.67 bits per heavy atom. The highest BCUT2D eigenvalue weighted by Gasteiger charge is 2.10. The molecule has 0 unspecified atom stereocenters. The average Bonchev–Trinajstić information content (AvgIpc) is 2.63. The monoisotopic (exact) mass is 381 g/mol. The Kier molecular flexibility index (Phi) is 5.86. The van der Waals surface area contributed by atoms with Crippen molar-refractivity contribution in [2.75, 3.05) is 11.1 Å². The second kappa shape index (κ2) is 8.31. The van der Waals surface area contributed by atoms with E-state index in [2.05, 4.69) is 15.3 Å². The molecule has 0 aliphatic carbocycles. The number of aryl methyl sites for hydroxylation is 3. The summed E-state index contributed by atoms with van der Waals surface area (Å²) in [6, 6.07) is 13.9. The van der Waals surface area contributed by atoms with E-state index in [1.165, 1.54) is 23.9 Å². The van der Waals surface area contributed by atoms with Crippen LogP contribution in [0, 0.1) is 26.6 Å². The minimum absolute atomic E-state index is 0.0997. The van der Waals surface area contributed by atoms with Gasteiger partial charge in [0.1, 0.15) is 10.8 Å². The molecule has 0 atom stereocenters. The van der Waals surface area contributed by atoms with Crippen molar-refractivity contribution in [1.82, 2.24) is 9.97 Å². The van der Waals surface area contributed by atoms with Gasteiger partial charge in [0.05, 0.1) is 5.75 Å². The summed E-state index contributed by atoms with van der Waals surface area (Å²) in [5.41, 5.74) is 4.31. The summed E-state index contributed by atoms with van der Waals surface area (Å²) in [6.45, 7) is 5.80. The number of nitrogens with zero attached hydrogens (tertiary/aromatic N) is 2. The van der Waals surface area contributed by atoms with Crippen LogP contribution in [0.1, 0.15) is 16.8 Å². The van der Waals surface area contributed by atoms with Gasteiger partial charge in [-0.3, -0.25) is 4.79 Å². The van der Waals surface area contributed by atoms with Gasteiger partial charge in [0, 0.05) is 16.9 Å². The molecule has 1 heterocycles. The molecule has 1 aromatic heterocycles. The Hall–Kier alpha value is -2.73. The molecule has 0 spiro atoms. The van der Waals surface area contributed by atoms with Crippen molar-refractivity contribution in [3.05, 3.63) is 71.2 Å². The Morgan fingerprint density at radius 2 is 1.89 bits per heavy atom. The number of aromatic nitrogens is 2. The molecular formula is C21H20FN3OS. The van der Waals surface area contributed by atoms with E-state index in [1.807, 2.05) is 45.0 Å². The SMILES string of the molecule is Cc1ccc(C)c(NC(=O)CSc2cc(C)nc(-c3cccc(F)c3)n2)c1. The highest BCUT2D eigenvalue weighted by atomic mass is 32.2. The molecule has 3 rings (SSSR count). The van der Waals surface area contributed by atoms with E-state index in [-0.39, 0.29) is 17.5 Å². The lowest BCUT2D eigenvalue weighted by atomic mass is 10.1. The van der Waals surface area contributed by atoms with Gasteiger partial charge in [-0.25, -0.2) is 14.4 Å². The predicted molar refractivity (Wildman–Crippen MR) is 107 cm³/mol. The van der Waals surface area contributed by atoms with E-state index in [0.717, 1.165) is 22.5 Å². The lowest BCUT2D eigenvalue weighted by Crippen LogP contribution is -2.15. The first-order valence-corrected chi connectivity index (χ1v) is 9.51. The number of carbonyl (C=O) groups is 1. The van der Waals surface area contributed by atoms with Crippen LogP contribution in [-0.2, 0) is 4.79 Å². The topological polar surface area (TPSA) is 54.9 Å². The zero-order valence-electron chi connectivity index (χ0n) is 15.4. The van der Waals surface area contributed by atoms with E-state index in [9.17, 15) is 9.18 Å². The Bertz CT molecular complexity index is 991. The molecule has 3 aromatic rings. The third-order valence-corrected chi connectivity index (χ3v) is 4.84. The predicted octanol–water partition coefficient (Wildman–Crippen LogP) is 4.94. The average molecular weight is 381 g/mol. The van der Waals surface area contributed by atoms with Crippen LogP contribution in [0.5, 0.6) is 0 Å². The number of hydrogen-bond donors (Lipinski definition) is 1. The number of nitrogens with one attached hydrogen (secondary N) is 1. The molecule has 0 aliphatic heterocycles. The lowest BCUT2D eigenvalue weighted by Gasteiger charge is -2.10. The number of anilines is 1. The summed E-state index contributed by atoms with van der Waals surface area (Å²) < 4.78 is 13.5. The molecule has 6 heteroatoms. The number of benzene rings is 2. The first-order valence-electron chi connectivity index (χ1n) is 8.52. The van der Waals surface area contributed by atoms with Crippen molar-refractivity contribution in [3.63, 3.8) is 0 Å². The Balaban J connectivity index is 1.70. The molecule has 0 fully saturated rings. The van der Waals surface area contributed by atoms with Crippen molar-refractivity contribution in [1.29, 1.82) is 0 Å². The molecule has 27 heavy (non-hydrogen) atoms. The van der Waals surface area contributed by atoms with Crippen LogP contribution in [0.3, 0.4) is 0 Å². The molecule has 0 saturated carbocycles. The molecular weight excluding hydrogens is 361 g/mol. The molecule has 0 radical (unpaired) electrons. The highest BCUT2D eigenvalue weighted by Crippen LogP contribution is 2.23. The molecule has 4 nitrogen and oxygen atoms in total. The summed E-state index contributed by atoms with van der Waals surface area (Å²) in [5.74, 6) is 0.246. The fourth-order valence-electron chi connectivity index (χ4n) is 2.57. The van der Waals surface area contributed by atoms with Gasteiger partial charge in [-0.05, 0) is 56.2 Å². The normalized spacial score (nSPS) is 10.7. The van der Waals surface area contributed by atoms with E-state index in [1.54, 1.807) is 12.1 Å². The van der Waals surface area contributed by atoms with Gasteiger partial charge in [0.25, 0.3) is 0 Å². The van der Waals surface area contributed by atoms with Crippen LogP contribution in [0.2, 0.25) is 0 Å². The summed E-state index contributed by atoms with van der Waals surface area (Å²) in [5, 5.41) is 3.62. The maximum atomic E-state index is 13.5. The van der Waals surface area contributed by atoms with E-state index < -0.39 is 0 Å². The maximum absolute atomic E-state index is 13.5. The van der Waals surface area contributed by atoms with Crippen molar-refractivity contribution in [2.24, 2.45) is 0 Å². The molecule has 2 aromatic carbocycles. The van der Waals surface area contributed by atoms with Gasteiger partial charge < -0.3 is 5.32 Å². The van der Waals surface area contributed by atoms with Crippen LogP contribution in [0.15, 0.2) is 53.6 Å².